The first kappa shape index (κ1) is 10.4. The summed E-state index contributed by atoms with van der Waals surface area (Å²) in [6.45, 7) is 6.37. The van der Waals surface area contributed by atoms with Crippen molar-refractivity contribution in [2.24, 2.45) is 0 Å². The summed E-state index contributed by atoms with van der Waals surface area (Å²) in [5, 5.41) is 0. The van der Waals surface area contributed by atoms with Gasteiger partial charge >= 0.3 is 0 Å². The molecule has 0 aliphatic carbocycles. The van der Waals surface area contributed by atoms with E-state index in [9.17, 15) is 4.39 Å². The molecule has 3 heteroatoms. The SMILES string of the molecule is FC1CCN(CCN2CCCCC2)C1. The highest BCUT2D eigenvalue weighted by atomic mass is 19.1. The van der Waals surface area contributed by atoms with Gasteiger partial charge in [0.25, 0.3) is 0 Å². The zero-order valence-corrected chi connectivity index (χ0v) is 8.92. The van der Waals surface area contributed by atoms with E-state index >= 15 is 0 Å². The summed E-state index contributed by atoms with van der Waals surface area (Å²) in [6.07, 6.45) is 4.29. The number of nitrogens with zero attached hydrogens (tertiary/aromatic N) is 2. The molecule has 0 aromatic carbocycles. The second-order valence-corrected chi connectivity index (χ2v) is 4.59. The Kier molecular flexibility index (Phi) is 3.76. The zero-order chi connectivity index (χ0) is 9.80. The lowest BCUT2D eigenvalue weighted by Gasteiger charge is -2.28. The third-order valence-electron chi connectivity index (χ3n) is 3.40. The van der Waals surface area contributed by atoms with Gasteiger partial charge in [-0.25, -0.2) is 4.39 Å². The average molecular weight is 200 g/mol. The van der Waals surface area contributed by atoms with E-state index in [2.05, 4.69) is 9.80 Å². The molecule has 2 aliphatic heterocycles. The van der Waals surface area contributed by atoms with Crippen molar-refractivity contribution in [3.63, 3.8) is 0 Å². The predicted molar refractivity (Wildman–Crippen MR) is 56.2 cm³/mol. The second kappa shape index (κ2) is 5.08. The Labute approximate surface area is 86.1 Å². The van der Waals surface area contributed by atoms with Crippen molar-refractivity contribution < 1.29 is 4.39 Å². The van der Waals surface area contributed by atoms with Crippen LogP contribution in [0.15, 0.2) is 0 Å². The largest absolute Gasteiger partial charge is 0.302 e. The third kappa shape index (κ3) is 2.92. The van der Waals surface area contributed by atoms with E-state index in [4.69, 9.17) is 0 Å². The van der Waals surface area contributed by atoms with Gasteiger partial charge in [-0.3, -0.25) is 4.90 Å². The van der Waals surface area contributed by atoms with Gasteiger partial charge in [-0.15, -0.1) is 0 Å². The first-order chi connectivity index (χ1) is 6.84. The molecule has 0 N–H and O–H groups in total. The number of alkyl halides is 1. The lowest BCUT2D eigenvalue weighted by Crippen LogP contribution is -2.37. The zero-order valence-electron chi connectivity index (χ0n) is 8.92. The molecule has 0 radical (unpaired) electrons. The molecule has 2 nitrogen and oxygen atoms in total. The predicted octanol–water partition coefficient (Wildman–Crippen LogP) is 1.52. The smallest absolute Gasteiger partial charge is 0.114 e. The van der Waals surface area contributed by atoms with Crippen molar-refractivity contribution in [1.82, 2.24) is 9.80 Å². The average Bonchev–Trinajstić information content (AvgIpc) is 2.63. The van der Waals surface area contributed by atoms with Crippen LogP contribution in [0.1, 0.15) is 25.7 Å². The normalized spacial score (nSPS) is 31.1. The van der Waals surface area contributed by atoms with Crippen molar-refractivity contribution in [2.45, 2.75) is 31.9 Å². The highest BCUT2D eigenvalue weighted by molar-refractivity contribution is 4.76. The van der Waals surface area contributed by atoms with Crippen molar-refractivity contribution in [3.8, 4) is 0 Å². The Balaban J connectivity index is 1.61. The quantitative estimate of drug-likeness (QED) is 0.681. The van der Waals surface area contributed by atoms with Gasteiger partial charge in [0, 0.05) is 26.2 Å². The van der Waals surface area contributed by atoms with E-state index in [0.717, 1.165) is 26.1 Å². The van der Waals surface area contributed by atoms with Gasteiger partial charge in [0.1, 0.15) is 6.17 Å². The molecule has 0 aromatic rings. The van der Waals surface area contributed by atoms with E-state index in [1.807, 2.05) is 0 Å². The molecule has 1 atom stereocenters. The van der Waals surface area contributed by atoms with Crippen LogP contribution in [0.4, 0.5) is 4.39 Å². The van der Waals surface area contributed by atoms with Crippen LogP contribution >= 0.6 is 0 Å². The van der Waals surface area contributed by atoms with Crippen LogP contribution in [0.3, 0.4) is 0 Å². The Morgan fingerprint density at radius 2 is 1.64 bits per heavy atom. The van der Waals surface area contributed by atoms with Gasteiger partial charge in [0.2, 0.25) is 0 Å². The Hall–Kier alpha value is -0.150. The summed E-state index contributed by atoms with van der Waals surface area (Å²) in [7, 11) is 0. The molecular weight excluding hydrogens is 179 g/mol. The monoisotopic (exact) mass is 200 g/mol. The van der Waals surface area contributed by atoms with Crippen molar-refractivity contribution in [3.05, 3.63) is 0 Å². The molecule has 82 valence electrons. The minimum atomic E-state index is -0.559. The van der Waals surface area contributed by atoms with E-state index in [0.29, 0.717) is 6.54 Å². The minimum Gasteiger partial charge on any atom is -0.302 e. The maximum absolute atomic E-state index is 12.9. The molecular formula is C11H21FN2. The van der Waals surface area contributed by atoms with Gasteiger partial charge in [-0.2, -0.15) is 0 Å². The Morgan fingerprint density at radius 1 is 0.929 bits per heavy atom. The molecule has 2 rings (SSSR count). The van der Waals surface area contributed by atoms with Crippen molar-refractivity contribution in [2.75, 3.05) is 39.3 Å². The molecule has 2 fully saturated rings. The maximum Gasteiger partial charge on any atom is 0.114 e. The second-order valence-electron chi connectivity index (χ2n) is 4.59. The molecule has 2 saturated heterocycles. The van der Waals surface area contributed by atoms with E-state index < -0.39 is 6.17 Å². The molecule has 1 unspecified atom stereocenters. The minimum absolute atomic E-state index is 0.559. The fourth-order valence-corrected chi connectivity index (χ4v) is 2.45. The number of rotatable bonds is 3. The fraction of sp³-hybridized carbons (Fsp3) is 1.00. The van der Waals surface area contributed by atoms with E-state index in [1.54, 1.807) is 0 Å². The molecule has 0 aromatic heterocycles. The van der Waals surface area contributed by atoms with Crippen LogP contribution in [0, 0.1) is 0 Å². The molecule has 2 aliphatic rings. The maximum atomic E-state index is 12.9. The summed E-state index contributed by atoms with van der Waals surface area (Å²) in [6, 6.07) is 0. The number of likely N-dealkylation sites (tertiary alicyclic amines) is 2. The Bertz CT molecular complexity index is 164. The van der Waals surface area contributed by atoms with E-state index in [1.165, 1.54) is 32.4 Å². The molecule has 2 heterocycles. The summed E-state index contributed by atoms with van der Waals surface area (Å²) in [5.74, 6) is 0. The standard InChI is InChI=1S/C11H21FN2/c12-11-4-7-14(10-11)9-8-13-5-2-1-3-6-13/h11H,1-10H2. The van der Waals surface area contributed by atoms with Crippen molar-refractivity contribution >= 4 is 0 Å². The van der Waals surface area contributed by atoms with Gasteiger partial charge < -0.3 is 4.90 Å². The fourth-order valence-electron chi connectivity index (χ4n) is 2.45. The highest BCUT2D eigenvalue weighted by Gasteiger charge is 2.21. The van der Waals surface area contributed by atoms with Crippen LogP contribution in [-0.2, 0) is 0 Å². The van der Waals surface area contributed by atoms with Crippen molar-refractivity contribution in [1.29, 1.82) is 0 Å². The Morgan fingerprint density at radius 3 is 2.29 bits per heavy atom. The molecule has 0 spiro atoms. The number of hydrogen-bond donors (Lipinski definition) is 0. The third-order valence-corrected chi connectivity index (χ3v) is 3.40. The lowest BCUT2D eigenvalue weighted by atomic mass is 10.1. The molecule has 0 amide bonds. The number of piperidine rings is 1. The van der Waals surface area contributed by atoms with Gasteiger partial charge in [-0.1, -0.05) is 6.42 Å². The van der Waals surface area contributed by atoms with Gasteiger partial charge in [0.15, 0.2) is 0 Å². The van der Waals surface area contributed by atoms with Gasteiger partial charge in [-0.05, 0) is 32.4 Å². The summed E-state index contributed by atoms with van der Waals surface area (Å²) in [4.78, 5) is 4.79. The number of halogens is 1. The summed E-state index contributed by atoms with van der Waals surface area (Å²) >= 11 is 0. The first-order valence-electron chi connectivity index (χ1n) is 5.93. The summed E-state index contributed by atoms with van der Waals surface area (Å²) < 4.78 is 12.9. The number of hydrogen-bond acceptors (Lipinski definition) is 2. The van der Waals surface area contributed by atoms with Crippen LogP contribution < -0.4 is 0 Å². The van der Waals surface area contributed by atoms with Crippen LogP contribution in [0.2, 0.25) is 0 Å². The van der Waals surface area contributed by atoms with E-state index in [-0.39, 0.29) is 0 Å². The summed E-state index contributed by atoms with van der Waals surface area (Å²) in [5.41, 5.74) is 0. The van der Waals surface area contributed by atoms with Crippen LogP contribution in [-0.4, -0.2) is 55.2 Å². The molecule has 14 heavy (non-hydrogen) atoms. The topological polar surface area (TPSA) is 6.48 Å². The highest BCUT2D eigenvalue weighted by Crippen LogP contribution is 2.13. The van der Waals surface area contributed by atoms with Gasteiger partial charge in [0.05, 0.1) is 0 Å². The molecule has 0 bridgehead atoms. The lowest BCUT2D eigenvalue weighted by molar-refractivity contribution is 0.191. The van der Waals surface area contributed by atoms with Crippen LogP contribution in [0.25, 0.3) is 0 Å². The van der Waals surface area contributed by atoms with Crippen LogP contribution in [0.5, 0.6) is 0 Å². The first-order valence-corrected chi connectivity index (χ1v) is 5.93. The molecule has 0 saturated carbocycles.